The van der Waals surface area contributed by atoms with Crippen molar-refractivity contribution < 1.29 is 31.6 Å². The first-order valence-electron chi connectivity index (χ1n) is 5.10. The summed E-state index contributed by atoms with van der Waals surface area (Å²) in [6.07, 6.45) is 0.654. The van der Waals surface area contributed by atoms with Crippen molar-refractivity contribution in [3.05, 3.63) is 35.5 Å². The summed E-state index contributed by atoms with van der Waals surface area (Å²) in [6, 6.07) is 2.59. The largest absolute Gasteiger partial charge is 0.476 e. The molecule has 0 aliphatic heterocycles. The lowest BCUT2D eigenvalue weighted by molar-refractivity contribution is 0.0686. The molecule has 1 N–H and O–H groups in total. The molecule has 0 radical (unpaired) electrons. The van der Waals surface area contributed by atoms with Crippen LogP contribution in [0.15, 0.2) is 27.6 Å². The molecule has 0 amide bonds. The maximum Gasteiger partial charge on any atom is 0.358 e. The highest BCUT2D eigenvalue weighted by molar-refractivity contribution is 7.90. The van der Waals surface area contributed by atoms with Crippen molar-refractivity contribution in [2.24, 2.45) is 0 Å². The Bertz CT molecular complexity index is 797. The SMILES string of the molecule is CS(=O)(=O)c1c(F)ccc(-c2cc(C(=O)O)no2)c1F. The summed E-state index contributed by atoms with van der Waals surface area (Å²) >= 11 is 0. The van der Waals surface area contributed by atoms with Gasteiger partial charge in [0.05, 0.1) is 5.56 Å². The molecule has 0 atom stereocenters. The molecule has 106 valence electrons. The van der Waals surface area contributed by atoms with E-state index in [4.69, 9.17) is 5.11 Å². The van der Waals surface area contributed by atoms with Gasteiger partial charge in [0.2, 0.25) is 0 Å². The number of halogens is 2. The number of nitrogens with zero attached hydrogens (tertiary/aromatic N) is 1. The second-order valence-electron chi connectivity index (χ2n) is 3.89. The Kier molecular flexibility index (Phi) is 3.30. The first-order chi connectivity index (χ1) is 9.21. The van der Waals surface area contributed by atoms with Crippen molar-refractivity contribution in [3.63, 3.8) is 0 Å². The average Bonchev–Trinajstić information content (AvgIpc) is 2.76. The number of carboxylic acid groups (broad SMARTS) is 1. The van der Waals surface area contributed by atoms with Crippen LogP contribution < -0.4 is 0 Å². The van der Waals surface area contributed by atoms with Crippen LogP contribution in [0.4, 0.5) is 8.78 Å². The number of aromatic carboxylic acids is 1. The molecule has 1 heterocycles. The molecule has 0 bridgehead atoms. The molecule has 0 aliphatic carbocycles. The molecule has 1 aromatic carbocycles. The predicted molar refractivity (Wildman–Crippen MR) is 61.9 cm³/mol. The molecule has 9 heteroatoms. The summed E-state index contributed by atoms with van der Waals surface area (Å²) in [5.41, 5.74) is -0.878. The van der Waals surface area contributed by atoms with E-state index in [9.17, 15) is 22.0 Å². The second kappa shape index (κ2) is 4.67. The van der Waals surface area contributed by atoms with Gasteiger partial charge in [0.15, 0.2) is 27.1 Å². The van der Waals surface area contributed by atoms with Gasteiger partial charge in [0, 0.05) is 12.3 Å². The minimum Gasteiger partial charge on any atom is -0.476 e. The van der Waals surface area contributed by atoms with E-state index in [2.05, 4.69) is 9.68 Å². The van der Waals surface area contributed by atoms with Gasteiger partial charge in [-0.2, -0.15) is 0 Å². The molecule has 0 aliphatic rings. The van der Waals surface area contributed by atoms with Crippen molar-refractivity contribution in [2.75, 3.05) is 6.26 Å². The van der Waals surface area contributed by atoms with Gasteiger partial charge in [-0.15, -0.1) is 0 Å². The zero-order chi connectivity index (χ0) is 15.1. The van der Waals surface area contributed by atoms with Crippen molar-refractivity contribution in [2.45, 2.75) is 4.90 Å². The normalized spacial score (nSPS) is 11.6. The number of rotatable bonds is 3. The number of hydrogen-bond acceptors (Lipinski definition) is 5. The van der Waals surface area contributed by atoms with Gasteiger partial charge in [0.25, 0.3) is 0 Å². The summed E-state index contributed by atoms with van der Waals surface area (Å²) in [7, 11) is -4.13. The molecule has 6 nitrogen and oxygen atoms in total. The van der Waals surface area contributed by atoms with E-state index < -0.39 is 43.6 Å². The van der Waals surface area contributed by atoms with E-state index in [0.29, 0.717) is 6.26 Å². The quantitative estimate of drug-likeness (QED) is 0.927. The van der Waals surface area contributed by atoms with Gasteiger partial charge < -0.3 is 9.63 Å². The first-order valence-corrected chi connectivity index (χ1v) is 6.99. The third-order valence-electron chi connectivity index (χ3n) is 2.41. The Morgan fingerprint density at radius 2 is 2.00 bits per heavy atom. The molecule has 2 aromatic rings. The van der Waals surface area contributed by atoms with Crippen LogP contribution in [0.2, 0.25) is 0 Å². The zero-order valence-corrected chi connectivity index (χ0v) is 10.7. The van der Waals surface area contributed by atoms with Crippen LogP contribution in [0.25, 0.3) is 11.3 Å². The maximum atomic E-state index is 14.1. The van der Waals surface area contributed by atoms with Crippen molar-refractivity contribution in [3.8, 4) is 11.3 Å². The van der Waals surface area contributed by atoms with Gasteiger partial charge in [-0.3, -0.25) is 0 Å². The maximum absolute atomic E-state index is 14.1. The minimum atomic E-state index is -4.13. The Morgan fingerprint density at radius 1 is 1.35 bits per heavy atom. The molecular formula is C11H7F2NO5S. The third-order valence-corrected chi connectivity index (χ3v) is 3.53. The lowest BCUT2D eigenvalue weighted by atomic mass is 10.1. The summed E-state index contributed by atoms with van der Waals surface area (Å²) in [5, 5.41) is 11.8. The lowest BCUT2D eigenvalue weighted by Crippen LogP contribution is -2.05. The molecule has 0 saturated carbocycles. The zero-order valence-electron chi connectivity index (χ0n) is 9.92. The summed E-state index contributed by atoms with van der Waals surface area (Å²) in [6.45, 7) is 0. The van der Waals surface area contributed by atoms with Crippen LogP contribution in [0.3, 0.4) is 0 Å². The third kappa shape index (κ3) is 2.39. The molecular weight excluding hydrogens is 296 g/mol. The highest BCUT2D eigenvalue weighted by Gasteiger charge is 2.25. The summed E-state index contributed by atoms with van der Waals surface area (Å²) in [4.78, 5) is 9.53. The minimum absolute atomic E-state index is 0.315. The van der Waals surface area contributed by atoms with E-state index >= 15 is 0 Å². The Balaban J connectivity index is 2.67. The molecule has 0 saturated heterocycles. The number of carboxylic acids is 1. The van der Waals surface area contributed by atoms with Crippen molar-refractivity contribution in [1.82, 2.24) is 5.16 Å². The summed E-state index contributed by atoms with van der Waals surface area (Å²) < 4.78 is 54.8. The van der Waals surface area contributed by atoms with E-state index in [0.717, 1.165) is 18.2 Å². The molecule has 0 unspecified atom stereocenters. The monoisotopic (exact) mass is 303 g/mol. The van der Waals surface area contributed by atoms with Crippen LogP contribution in [-0.4, -0.2) is 30.9 Å². The number of aromatic nitrogens is 1. The molecule has 0 spiro atoms. The van der Waals surface area contributed by atoms with Crippen LogP contribution >= 0.6 is 0 Å². The fourth-order valence-electron chi connectivity index (χ4n) is 1.57. The Morgan fingerprint density at radius 3 is 2.50 bits per heavy atom. The topological polar surface area (TPSA) is 97.5 Å². The number of benzene rings is 1. The Hall–Kier alpha value is -2.29. The van der Waals surface area contributed by atoms with Gasteiger partial charge in [-0.1, -0.05) is 5.16 Å². The highest BCUT2D eigenvalue weighted by Crippen LogP contribution is 2.29. The fraction of sp³-hybridized carbons (Fsp3) is 0.0909. The predicted octanol–water partition coefficient (Wildman–Crippen LogP) is 1.72. The first kappa shape index (κ1) is 14.1. The highest BCUT2D eigenvalue weighted by atomic mass is 32.2. The van der Waals surface area contributed by atoms with Gasteiger partial charge in [0.1, 0.15) is 10.7 Å². The smallest absolute Gasteiger partial charge is 0.358 e. The van der Waals surface area contributed by atoms with Crippen molar-refractivity contribution in [1.29, 1.82) is 0 Å². The van der Waals surface area contributed by atoms with Crippen LogP contribution in [0.1, 0.15) is 10.5 Å². The number of hydrogen-bond donors (Lipinski definition) is 1. The Labute approximate surface area is 111 Å². The molecule has 0 fully saturated rings. The molecule has 2 rings (SSSR count). The van der Waals surface area contributed by atoms with Crippen LogP contribution in [0.5, 0.6) is 0 Å². The average molecular weight is 303 g/mol. The van der Waals surface area contributed by atoms with E-state index in [1.807, 2.05) is 0 Å². The standard InChI is InChI=1S/C11H7F2NO5S/c1-20(17,18)10-6(12)3-2-5(9(10)13)8-4-7(11(15)16)14-19-8/h2-4H,1H3,(H,15,16). The second-order valence-corrected chi connectivity index (χ2v) is 5.84. The lowest BCUT2D eigenvalue weighted by Gasteiger charge is -2.05. The van der Waals surface area contributed by atoms with Crippen molar-refractivity contribution >= 4 is 15.8 Å². The number of carbonyl (C=O) groups is 1. The molecule has 1 aromatic heterocycles. The van der Waals surface area contributed by atoms with Gasteiger partial charge >= 0.3 is 5.97 Å². The van der Waals surface area contributed by atoms with E-state index in [-0.39, 0.29) is 5.76 Å². The van der Waals surface area contributed by atoms with E-state index in [1.54, 1.807) is 0 Å². The van der Waals surface area contributed by atoms with Gasteiger partial charge in [-0.25, -0.2) is 22.0 Å². The van der Waals surface area contributed by atoms with Crippen LogP contribution in [-0.2, 0) is 9.84 Å². The summed E-state index contributed by atoms with van der Waals surface area (Å²) in [5.74, 6) is -4.32. The van der Waals surface area contributed by atoms with Crippen LogP contribution in [0, 0.1) is 11.6 Å². The molecule has 20 heavy (non-hydrogen) atoms. The number of sulfone groups is 1. The van der Waals surface area contributed by atoms with Gasteiger partial charge in [-0.05, 0) is 12.1 Å². The van der Waals surface area contributed by atoms with E-state index in [1.165, 1.54) is 0 Å². The fourth-order valence-corrected chi connectivity index (χ4v) is 2.42.